The highest BCUT2D eigenvalue weighted by atomic mass is 35.5. The number of rotatable bonds is 2. The maximum Gasteiger partial charge on any atom is 0.275 e. The van der Waals surface area contributed by atoms with E-state index in [2.05, 4.69) is 10.2 Å². The Morgan fingerprint density at radius 2 is 2.24 bits per heavy atom. The number of benzene rings is 1. The van der Waals surface area contributed by atoms with Gasteiger partial charge in [-0.15, -0.1) is 0 Å². The summed E-state index contributed by atoms with van der Waals surface area (Å²) in [5, 5.41) is 7.64. The molecule has 0 radical (unpaired) electrons. The smallest absolute Gasteiger partial charge is 0.275 e. The van der Waals surface area contributed by atoms with E-state index in [1.807, 2.05) is 0 Å². The molecule has 3 rings (SSSR count). The van der Waals surface area contributed by atoms with Gasteiger partial charge in [-0.2, -0.15) is 5.10 Å². The fourth-order valence-corrected chi connectivity index (χ4v) is 2.74. The van der Waals surface area contributed by atoms with Gasteiger partial charge in [-0.05, 0) is 18.2 Å². The van der Waals surface area contributed by atoms with Gasteiger partial charge < -0.3 is 10.6 Å². The zero-order valence-corrected chi connectivity index (χ0v) is 11.6. The Morgan fingerprint density at radius 3 is 2.95 bits per heavy atom. The van der Waals surface area contributed by atoms with Gasteiger partial charge >= 0.3 is 0 Å². The van der Waals surface area contributed by atoms with Crippen LogP contribution in [0.5, 0.6) is 0 Å². The van der Waals surface area contributed by atoms with Crippen molar-refractivity contribution in [1.82, 2.24) is 15.1 Å². The molecule has 1 aliphatic rings. The number of likely N-dealkylation sites (tertiary alicyclic amines) is 1. The number of aromatic amines is 1. The Morgan fingerprint density at radius 1 is 1.48 bits per heavy atom. The van der Waals surface area contributed by atoms with E-state index in [4.69, 9.17) is 17.3 Å². The fraction of sp³-hybridized carbons (Fsp3) is 0.308. The lowest BCUT2D eigenvalue weighted by Crippen LogP contribution is -2.43. The third kappa shape index (κ3) is 2.33. The molecule has 8 heteroatoms. The number of alkyl halides is 1. The van der Waals surface area contributed by atoms with E-state index in [1.165, 1.54) is 0 Å². The molecule has 1 aliphatic heterocycles. The number of nitrogens with one attached hydrogen (secondary N) is 1. The van der Waals surface area contributed by atoms with Gasteiger partial charge in [0.05, 0.1) is 12.1 Å². The van der Waals surface area contributed by atoms with Crippen molar-refractivity contribution in [3.05, 3.63) is 28.9 Å². The number of nitrogens with two attached hydrogens (primary N) is 1. The largest absolute Gasteiger partial charge is 0.368 e. The highest BCUT2D eigenvalue weighted by molar-refractivity contribution is 6.31. The number of nitrogens with zero attached hydrogens (tertiary/aromatic N) is 2. The minimum Gasteiger partial charge on any atom is -0.368 e. The monoisotopic (exact) mass is 310 g/mol. The minimum atomic E-state index is -1.26. The number of carbonyl (C=O) groups excluding carboxylic acids is 2. The average molecular weight is 311 g/mol. The van der Waals surface area contributed by atoms with Crippen LogP contribution in [0.1, 0.15) is 16.9 Å². The molecule has 6 nitrogen and oxygen atoms in total. The first-order chi connectivity index (χ1) is 9.97. The molecule has 0 bridgehead atoms. The van der Waals surface area contributed by atoms with E-state index >= 15 is 0 Å². The molecule has 0 saturated carbocycles. The van der Waals surface area contributed by atoms with E-state index in [9.17, 15) is 14.0 Å². The van der Waals surface area contributed by atoms with Crippen molar-refractivity contribution in [2.75, 3.05) is 6.54 Å². The van der Waals surface area contributed by atoms with Gasteiger partial charge in [-0.25, -0.2) is 4.39 Å². The Balaban J connectivity index is 2.00. The van der Waals surface area contributed by atoms with Crippen LogP contribution in [0.15, 0.2) is 18.2 Å². The number of halogens is 2. The summed E-state index contributed by atoms with van der Waals surface area (Å²) in [5.74, 6) is -1.26. The minimum absolute atomic E-state index is 0.0792. The lowest BCUT2D eigenvalue weighted by atomic mass is 10.1. The zero-order chi connectivity index (χ0) is 15.1. The van der Waals surface area contributed by atoms with Crippen LogP contribution in [0, 0.1) is 0 Å². The summed E-state index contributed by atoms with van der Waals surface area (Å²) in [6, 6.07) is 4.00. The molecule has 110 valence electrons. The third-order valence-corrected chi connectivity index (χ3v) is 3.80. The molecule has 2 heterocycles. The summed E-state index contributed by atoms with van der Waals surface area (Å²) in [6.07, 6.45) is -1.34. The van der Waals surface area contributed by atoms with E-state index in [0.29, 0.717) is 15.9 Å². The summed E-state index contributed by atoms with van der Waals surface area (Å²) in [6.45, 7) is -0.165. The van der Waals surface area contributed by atoms with Gasteiger partial charge in [0.25, 0.3) is 5.91 Å². The molecule has 0 aliphatic carbocycles. The average Bonchev–Trinajstić information content (AvgIpc) is 3.01. The van der Waals surface area contributed by atoms with Gasteiger partial charge in [0.15, 0.2) is 5.69 Å². The van der Waals surface area contributed by atoms with E-state index < -0.39 is 24.0 Å². The standard InChI is InChI=1S/C13H12ClFN4O2/c14-6-1-2-9-8(3-6)11(18-17-9)13(21)19-5-7(15)4-10(19)12(16)20/h1-3,7,10H,4-5H2,(H2,16,20)(H,17,18)/t7-,10+/m1/s1. The molecule has 2 amide bonds. The predicted octanol–water partition coefficient (Wildman–Crippen LogP) is 1.25. The van der Waals surface area contributed by atoms with Crippen LogP contribution in [0.25, 0.3) is 10.9 Å². The van der Waals surface area contributed by atoms with Crippen LogP contribution in [0.4, 0.5) is 4.39 Å². The molecular weight excluding hydrogens is 299 g/mol. The molecule has 2 aromatic rings. The fourth-order valence-electron chi connectivity index (χ4n) is 2.56. The first-order valence-electron chi connectivity index (χ1n) is 6.35. The molecule has 0 spiro atoms. The maximum absolute atomic E-state index is 13.5. The molecule has 2 atom stereocenters. The maximum atomic E-state index is 13.5. The Kier molecular flexibility index (Phi) is 3.29. The molecular formula is C13H12ClFN4O2. The SMILES string of the molecule is NC(=O)[C@@H]1C[C@@H](F)CN1C(=O)c1n[nH]c2ccc(Cl)cc12. The van der Waals surface area contributed by atoms with Gasteiger partial charge in [-0.1, -0.05) is 11.6 Å². The van der Waals surface area contributed by atoms with Crippen molar-refractivity contribution in [1.29, 1.82) is 0 Å². The number of primary amides is 1. The van der Waals surface area contributed by atoms with Crippen molar-refractivity contribution in [3.8, 4) is 0 Å². The highest BCUT2D eigenvalue weighted by Gasteiger charge is 2.40. The van der Waals surface area contributed by atoms with Crippen LogP contribution >= 0.6 is 11.6 Å². The molecule has 1 aromatic heterocycles. The van der Waals surface area contributed by atoms with Crippen molar-refractivity contribution in [3.63, 3.8) is 0 Å². The van der Waals surface area contributed by atoms with Gasteiger partial charge in [0, 0.05) is 16.8 Å². The summed E-state index contributed by atoms with van der Waals surface area (Å²) in [7, 11) is 0. The van der Waals surface area contributed by atoms with E-state index in [0.717, 1.165) is 4.90 Å². The van der Waals surface area contributed by atoms with Crippen LogP contribution in [0.3, 0.4) is 0 Å². The second kappa shape index (κ2) is 5.00. The Labute approximate surface area is 124 Å². The number of hydrogen-bond donors (Lipinski definition) is 2. The van der Waals surface area contributed by atoms with Gasteiger partial charge in [0.2, 0.25) is 5.91 Å². The first-order valence-corrected chi connectivity index (χ1v) is 6.73. The lowest BCUT2D eigenvalue weighted by Gasteiger charge is -2.20. The predicted molar refractivity (Wildman–Crippen MR) is 74.6 cm³/mol. The number of H-pyrrole nitrogens is 1. The summed E-state index contributed by atoms with van der Waals surface area (Å²) in [5.41, 5.74) is 5.97. The highest BCUT2D eigenvalue weighted by Crippen LogP contribution is 2.26. The number of carbonyl (C=O) groups is 2. The van der Waals surface area contributed by atoms with Crippen LogP contribution in [0.2, 0.25) is 5.02 Å². The van der Waals surface area contributed by atoms with E-state index in [-0.39, 0.29) is 18.7 Å². The number of fused-ring (bicyclic) bond motifs is 1. The normalized spacial score (nSPS) is 21.9. The van der Waals surface area contributed by atoms with Crippen molar-refractivity contribution in [2.24, 2.45) is 5.73 Å². The van der Waals surface area contributed by atoms with Gasteiger partial charge in [-0.3, -0.25) is 14.7 Å². The zero-order valence-electron chi connectivity index (χ0n) is 10.8. The van der Waals surface area contributed by atoms with E-state index in [1.54, 1.807) is 18.2 Å². The van der Waals surface area contributed by atoms with Crippen molar-refractivity contribution < 1.29 is 14.0 Å². The van der Waals surface area contributed by atoms with Crippen molar-refractivity contribution >= 4 is 34.3 Å². The Bertz CT molecular complexity index is 732. The second-order valence-corrected chi connectivity index (χ2v) is 5.41. The third-order valence-electron chi connectivity index (χ3n) is 3.57. The molecule has 3 N–H and O–H groups in total. The van der Waals surface area contributed by atoms with Gasteiger partial charge in [0.1, 0.15) is 12.2 Å². The van der Waals surface area contributed by atoms with Crippen LogP contribution in [-0.4, -0.2) is 45.7 Å². The lowest BCUT2D eigenvalue weighted by molar-refractivity contribution is -0.121. The van der Waals surface area contributed by atoms with Crippen LogP contribution < -0.4 is 5.73 Å². The summed E-state index contributed by atoms with van der Waals surface area (Å²) < 4.78 is 13.5. The number of hydrogen-bond acceptors (Lipinski definition) is 3. The number of amides is 2. The Hall–Kier alpha value is -2.15. The summed E-state index contributed by atoms with van der Waals surface area (Å²) >= 11 is 5.91. The molecule has 21 heavy (non-hydrogen) atoms. The van der Waals surface area contributed by atoms with Crippen molar-refractivity contribution in [2.45, 2.75) is 18.6 Å². The number of aromatic nitrogens is 2. The molecule has 1 aromatic carbocycles. The second-order valence-electron chi connectivity index (χ2n) is 4.97. The summed E-state index contributed by atoms with van der Waals surface area (Å²) in [4.78, 5) is 25.0. The topological polar surface area (TPSA) is 92.1 Å². The first kappa shape index (κ1) is 13.8. The molecule has 0 unspecified atom stereocenters. The molecule has 1 saturated heterocycles. The quantitative estimate of drug-likeness (QED) is 0.874. The van der Waals surface area contributed by atoms with Crippen LogP contribution in [-0.2, 0) is 4.79 Å². The molecule has 1 fully saturated rings.